The van der Waals surface area contributed by atoms with Crippen LogP contribution in [0.25, 0.3) is 0 Å². The third-order valence-corrected chi connectivity index (χ3v) is 4.05. The monoisotopic (exact) mass is 357 g/mol. The van der Waals surface area contributed by atoms with Gasteiger partial charge in [0.1, 0.15) is 0 Å². The summed E-state index contributed by atoms with van der Waals surface area (Å²) in [4.78, 5) is 14.0. The van der Waals surface area contributed by atoms with Crippen molar-refractivity contribution in [3.8, 4) is 11.5 Å². The first-order chi connectivity index (χ1) is 12.5. The molecule has 0 unspecified atom stereocenters. The van der Waals surface area contributed by atoms with Gasteiger partial charge < -0.3 is 25.0 Å². The molecule has 0 bridgehead atoms. The van der Waals surface area contributed by atoms with Gasteiger partial charge in [0.15, 0.2) is 11.5 Å². The lowest BCUT2D eigenvalue weighted by Gasteiger charge is -2.13. The number of amides is 2. The Morgan fingerprint density at radius 3 is 2.19 bits per heavy atom. The number of anilines is 1. The minimum atomic E-state index is -0.190. The highest BCUT2D eigenvalue weighted by molar-refractivity contribution is 5.73. The molecule has 0 saturated heterocycles. The number of carbonyl (C=O) groups is 1. The molecule has 2 amide bonds. The van der Waals surface area contributed by atoms with E-state index < -0.39 is 0 Å². The van der Waals surface area contributed by atoms with Gasteiger partial charge in [-0.25, -0.2) is 4.79 Å². The fourth-order valence-corrected chi connectivity index (χ4v) is 2.52. The lowest BCUT2D eigenvalue weighted by molar-refractivity contribution is 0.240. The maximum absolute atomic E-state index is 11.9. The predicted octanol–water partition coefficient (Wildman–Crippen LogP) is 2.81. The maximum Gasteiger partial charge on any atom is 0.315 e. The number of methoxy groups -OCH3 is 2. The second-order valence-electron chi connectivity index (χ2n) is 6.11. The predicted molar refractivity (Wildman–Crippen MR) is 104 cm³/mol. The first-order valence-corrected chi connectivity index (χ1v) is 8.52. The lowest BCUT2D eigenvalue weighted by Crippen LogP contribution is -2.36. The zero-order chi connectivity index (χ0) is 18.9. The average Bonchev–Trinajstić information content (AvgIpc) is 2.66. The first kappa shape index (κ1) is 19.4. The van der Waals surface area contributed by atoms with Gasteiger partial charge in [-0.05, 0) is 41.8 Å². The minimum Gasteiger partial charge on any atom is -0.493 e. The van der Waals surface area contributed by atoms with E-state index in [0.29, 0.717) is 24.6 Å². The lowest BCUT2D eigenvalue weighted by atomic mass is 10.1. The van der Waals surface area contributed by atoms with Gasteiger partial charge >= 0.3 is 6.03 Å². The highest BCUT2D eigenvalue weighted by Gasteiger charge is 2.06. The van der Waals surface area contributed by atoms with Crippen LogP contribution in [0.3, 0.4) is 0 Å². The Morgan fingerprint density at radius 1 is 0.923 bits per heavy atom. The minimum absolute atomic E-state index is 0.190. The standard InChI is InChI=1S/C20H27N3O3/c1-23(2)17-8-5-15(6-9-17)11-12-21-20(24)22-14-16-7-10-18(25-3)19(13-16)26-4/h5-10,13H,11-12,14H2,1-4H3,(H2,21,22,24). The van der Waals surface area contributed by atoms with Crippen molar-refractivity contribution >= 4 is 11.7 Å². The van der Waals surface area contributed by atoms with Gasteiger partial charge in [-0.2, -0.15) is 0 Å². The third kappa shape index (κ3) is 5.58. The second kappa shape index (κ2) is 9.56. The first-order valence-electron chi connectivity index (χ1n) is 8.52. The van der Waals surface area contributed by atoms with Gasteiger partial charge in [0.25, 0.3) is 0 Å². The molecule has 26 heavy (non-hydrogen) atoms. The average molecular weight is 357 g/mol. The Hall–Kier alpha value is -2.89. The summed E-state index contributed by atoms with van der Waals surface area (Å²) in [5.41, 5.74) is 3.29. The van der Waals surface area contributed by atoms with Crippen LogP contribution in [0.5, 0.6) is 11.5 Å². The van der Waals surface area contributed by atoms with Crippen LogP contribution in [0.1, 0.15) is 11.1 Å². The van der Waals surface area contributed by atoms with E-state index in [-0.39, 0.29) is 6.03 Å². The molecule has 0 aromatic heterocycles. The molecule has 0 radical (unpaired) electrons. The molecular weight excluding hydrogens is 330 g/mol. The molecule has 0 saturated carbocycles. The van der Waals surface area contributed by atoms with E-state index >= 15 is 0 Å². The number of hydrogen-bond acceptors (Lipinski definition) is 4. The van der Waals surface area contributed by atoms with Crippen molar-refractivity contribution in [1.82, 2.24) is 10.6 Å². The molecule has 2 rings (SSSR count). The van der Waals surface area contributed by atoms with E-state index in [9.17, 15) is 4.79 Å². The number of nitrogens with zero attached hydrogens (tertiary/aromatic N) is 1. The molecule has 0 heterocycles. The quantitative estimate of drug-likeness (QED) is 0.763. The summed E-state index contributed by atoms with van der Waals surface area (Å²) in [6.45, 7) is 1.00. The summed E-state index contributed by atoms with van der Waals surface area (Å²) >= 11 is 0. The number of urea groups is 1. The van der Waals surface area contributed by atoms with Crippen molar-refractivity contribution in [3.05, 3.63) is 53.6 Å². The highest BCUT2D eigenvalue weighted by Crippen LogP contribution is 2.27. The van der Waals surface area contributed by atoms with Crippen LogP contribution >= 0.6 is 0 Å². The van der Waals surface area contributed by atoms with Crippen molar-refractivity contribution in [3.63, 3.8) is 0 Å². The summed E-state index contributed by atoms with van der Waals surface area (Å²) in [6.07, 6.45) is 0.789. The van der Waals surface area contributed by atoms with Crippen LogP contribution in [0.4, 0.5) is 10.5 Å². The Morgan fingerprint density at radius 2 is 1.58 bits per heavy atom. The Labute approximate surface area is 155 Å². The van der Waals surface area contributed by atoms with Crippen molar-refractivity contribution < 1.29 is 14.3 Å². The van der Waals surface area contributed by atoms with E-state index in [0.717, 1.165) is 17.7 Å². The molecule has 2 aromatic rings. The van der Waals surface area contributed by atoms with Crippen LogP contribution < -0.4 is 25.0 Å². The molecule has 0 atom stereocenters. The molecule has 0 aliphatic heterocycles. The van der Waals surface area contributed by atoms with Gasteiger partial charge in [0, 0.05) is 32.9 Å². The van der Waals surface area contributed by atoms with Crippen molar-refractivity contribution in [1.29, 1.82) is 0 Å². The molecule has 2 N–H and O–H groups in total. The molecule has 0 aliphatic rings. The molecule has 6 heteroatoms. The Balaban J connectivity index is 1.75. The van der Waals surface area contributed by atoms with Gasteiger partial charge in [-0.15, -0.1) is 0 Å². The summed E-state index contributed by atoms with van der Waals surface area (Å²) < 4.78 is 10.5. The van der Waals surface area contributed by atoms with Crippen LogP contribution in [0.15, 0.2) is 42.5 Å². The van der Waals surface area contributed by atoms with Crippen LogP contribution in [0, 0.1) is 0 Å². The van der Waals surface area contributed by atoms with Crippen LogP contribution in [-0.4, -0.2) is 40.9 Å². The van der Waals surface area contributed by atoms with Crippen molar-refractivity contribution in [2.24, 2.45) is 0 Å². The topological polar surface area (TPSA) is 62.8 Å². The van der Waals surface area contributed by atoms with Crippen molar-refractivity contribution in [2.75, 3.05) is 39.8 Å². The van der Waals surface area contributed by atoms with Crippen LogP contribution in [-0.2, 0) is 13.0 Å². The van der Waals surface area contributed by atoms with E-state index in [1.165, 1.54) is 5.56 Å². The van der Waals surface area contributed by atoms with Crippen molar-refractivity contribution in [2.45, 2.75) is 13.0 Å². The summed E-state index contributed by atoms with van der Waals surface area (Å²) in [5.74, 6) is 1.31. The van der Waals surface area contributed by atoms with Crippen LogP contribution in [0.2, 0.25) is 0 Å². The Kier molecular flexibility index (Phi) is 7.14. The molecule has 0 spiro atoms. The Bertz CT molecular complexity index is 715. The number of ether oxygens (including phenoxy) is 2. The molecular formula is C20H27N3O3. The molecule has 140 valence electrons. The fourth-order valence-electron chi connectivity index (χ4n) is 2.52. The fraction of sp³-hybridized carbons (Fsp3) is 0.350. The number of carbonyl (C=O) groups excluding carboxylic acids is 1. The summed E-state index contributed by atoms with van der Waals surface area (Å²) in [7, 11) is 7.21. The van der Waals surface area contributed by atoms with E-state index in [1.807, 2.05) is 32.3 Å². The SMILES string of the molecule is COc1ccc(CNC(=O)NCCc2ccc(N(C)C)cc2)cc1OC. The largest absolute Gasteiger partial charge is 0.493 e. The number of benzene rings is 2. The highest BCUT2D eigenvalue weighted by atomic mass is 16.5. The maximum atomic E-state index is 11.9. The van der Waals surface area contributed by atoms with Gasteiger partial charge in [0.2, 0.25) is 0 Å². The molecule has 0 fully saturated rings. The van der Waals surface area contributed by atoms with Gasteiger partial charge in [0.05, 0.1) is 14.2 Å². The number of nitrogens with one attached hydrogen (secondary N) is 2. The normalized spacial score (nSPS) is 10.2. The van der Waals surface area contributed by atoms with E-state index in [2.05, 4.69) is 39.8 Å². The van der Waals surface area contributed by atoms with E-state index in [4.69, 9.17) is 9.47 Å². The molecule has 0 aliphatic carbocycles. The van der Waals surface area contributed by atoms with Gasteiger partial charge in [-0.3, -0.25) is 0 Å². The number of rotatable bonds is 8. The molecule has 2 aromatic carbocycles. The second-order valence-corrected chi connectivity index (χ2v) is 6.11. The van der Waals surface area contributed by atoms with Gasteiger partial charge in [-0.1, -0.05) is 18.2 Å². The zero-order valence-electron chi connectivity index (χ0n) is 15.8. The summed E-state index contributed by atoms with van der Waals surface area (Å²) in [6, 6.07) is 13.7. The number of hydrogen-bond donors (Lipinski definition) is 2. The summed E-state index contributed by atoms with van der Waals surface area (Å²) in [5, 5.41) is 5.72. The smallest absolute Gasteiger partial charge is 0.315 e. The molecule has 6 nitrogen and oxygen atoms in total. The zero-order valence-corrected chi connectivity index (χ0v) is 15.8. The third-order valence-electron chi connectivity index (χ3n) is 4.05. The van der Waals surface area contributed by atoms with E-state index in [1.54, 1.807) is 14.2 Å².